The van der Waals surface area contributed by atoms with Crippen molar-refractivity contribution in [2.45, 2.75) is 24.8 Å². The van der Waals surface area contributed by atoms with Gasteiger partial charge in [0.2, 0.25) is 15.9 Å². The lowest BCUT2D eigenvalue weighted by Crippen LogP contribution is -2.23. The predicted octanol–water partition coefficient (Wildman–Crippen LogP) is 0.752. The van der Waals surface area contributed by atoms with Crippen LogP contribution in [0.5, 0.6) is 0 Å². The lowest BCUT2D eigenvalue weighted by atomic mass is 10.4. The van der Waals surface area contributed by atoms with Gasteiger partial charge in [0.1, 0.15) is 16.3 Å². The highest BCUT2D eigenvalue weighted by atomic mass is 32.2. The molecule has 0 bridgehead atoms. The maximum Gasteiger partial charge on any atom is 0.352 e. The molecule has 0 aromatic carbocycles. The van der Waals surface area contributed by atoms with Gasteiger partial charge in [-0.25, -0.2) is 22.9 Å². The van der Waals surface area contributed by atoms with E-state index in [0.29, 0.717) is 12.2 Å². The quantitative estimate of drug-likeness (QED) is 0.813. The number of hydrogen-bond donors (Lipinski definition) is 2. The van der Waals surface area contributed by atoms with E-state index < -0.39 is 16.0 Å². The van der Waals surface area contributed by atoms with Gasteiger partial charge in [-0.1, -0.05) is 6.92 Å². The zero-order chi connectivity index (χ0) is 15.6. The Labute approximate surface area is 121 Å². The van der Waals surface area contributed by atoms with E-state index in [9.17, 15) is 13.2 Å². The van der Waals surface area contributed by atoms with Crippen molar-refractivity contribution < 1.29 is 22.7 Å². The van der Waals surface area contributed by atoms with Crippen LogP contribution < -0.4 is 4.72 Å². The van der Waals surface area contributed by atoms with Crippen molar-refractivity contribution in [1.29, 1.82) is 0 Å². The van der Waals surface area contributed by atoms with Crippen LogP contribution in [0.15, 0.2) is 27.8 Å². The molecule has 0 aliphatic rings. The van der Waals surface area contributed by atoms with Gasteiger partial charge in [0, 0.05) is 19.7 Å². The Hall–Kier alpha value is -2.13. The third-order valence-electron chi connectivity index (χ3n) is 2.87. The van der Waals surface area contributed by atoms with Crippen LogP contribution in [0.25, 0.3) is 0 Å². The maximum atomic E-state index is 12.1. The Balaban J connectivity index is 2.14. The predicted molar refractivity (Wildman–Crippen MR) is 72.3 cm³/mol. The van der Waals surface area contributed by atoms with Gasteiger partial charge in [-0.3, -0.25) is 0 Å². The van der Waals surface area contributed by atoms with Gasteiger partial charge < -0.3 is 14.1 Å². The van der Waals surface area contributed by atoms with E-state index in [-0.39, 0.29) is 23.0 Å². The zero-order valence-electron chi connectivity index (χ0n) is 11.5. The van der Waals surface area contributed by atoms with Gasteiger partial charge in [-0.05, 0) is 6.07 Å². The molecule has 2 aromatic rings. The van der Waals surface area contributed by atoms with E-state index in [1.807, 2.05) is 6.92 Å². The van der Waals surface area contributed by atoms with Crippen LogP contribution in [0.3, 0.4) is 0 Å². The van der Waals surface area contributed by atoms with Gasteiger partial charge in [0.15, 0.2) is 0 Å². The van der Waals surface area contributed by atoms with Crippen LogP contribution in [0, 0.1) is 0 Å². The summed E-state index contributed by atoms with van der Waals surface area (Å²) >= 11 is 0. The topological polar surface area (TPSA) is 114 Å². The lowest BCUT2D eigenvalue weighted by Gasteiger charge is -2.01. The van der Waals surface area contributed by atoms with Crippen molar-refractivity contribution in [1.82, 2.24) is 14.3 Å². The molecule has 0 atom stereocenters. The fourth-order valence-electron chi connectivity index (χ4n) is 1.73. The minimum atomic E-state index is -3.83. The first-order valence-electron chi connectivity index (χ1n) is 6.16. The van der Waals surface area contributed by atoms with Crippen LogP contribution in [0.1, 0.15) is 29.1 Å². The second-order valence-electron chi connectivity index (χ2n) is 4.38. The summed E-state index contributed by atoms with van der Waals surface area (Å²) in [5.74, 6) is -0.277. The summed E-state index contributed by atoms with van der Waals surface area (Å²) in [7, 11) is -2.36. The number of nitrogens with one attached hydrogen (secondary N) is 1. The minimum Gasteiger partial charge on any atom is -0.477 e. The monoisotopic (exact) mass is 313 g/mol. The molecule has 0 spiro atoms. The average molecular weight is 313 g/mol. The standard InChI is InChI=1S/C12H15N3O5S/c1-3-8-5-13-11(20-8)6-14-21(18,19)9-4-10(12(16)17)15(2)7-9/h4-5,7,14H,3,6H2,1-2H3,(H,16,17). The smallest absolute Gasteiger partial charge is 0.352 e. The largest absolute Gasteiger partial charge is 0.477 e. The fourth-order valence-corrected chi connectivity index (χ4v) is 2.77. The summed E-state index contributed by atoms with van der Waals surface area (Å²) in [6, 6.07) is 1.09. The van der Waals surface area contributed by atoms with Crippen molar-refractivity contribution in [2.24, 2.45) is 7.05 Å². The van der Waals surface area contributed by atoms with Crippen LogP contribution in [-0.4, -0.2) is 29.0 Å². The number of carboxylic acids is 1. The molecule has 9 heteroatoms. The summed E-state index contributed by atoms with van der Waals surface area (Å²) in [5, 5.41) is 8.92. The number of sulfonamides is 1. The van der Waals surface area contributed by atoms with Crippen molar-refractivity contribution in [3.05, 3.63) is 35.8 Å². The van der Waals surface area contributed by atoms with Crippen molar-refractivity contribution in [2.75, 3.05) is 0 Å². The molecular weight excluding hydrogens is 298 g/mol. The highest BCUT2D eigenvalue weighted by molar-refractivity contribution is 7.89. The Morgan fingerprint density at radius 3 is 2.76 bits per heavy atom. The molecule has 2 rings (SSSR count). The van der Waals surface area contributed by atoms with Gasteiger partial charge >= 0.3 is 5.97 Å². The number of carbonyl (C=O) groups is 1. The van der Waals surface area contributed by atoms with Crippen LogP contribution in [0.4, 0.5) is 0 Å². The van der Waals surface area contributed by atoms with Gasteiger partial charge in [0.05, 0.1) is 12.7 Å². The van der Waals surface area contributed by atoms with Crippen molar-refractivity contribution in [3.63, 3.8) is 0 Å². The highest BCUT2D eigenvalue weighted by Crippen LogP contribution is 2.14. The molecular formula is C12H15N3O5S. The van der Waals surface area contributed by atoms with E-state index in [1.165, 1.54) is 24.0 Å². The summed E-state index contributed by atoms with van der Waals surface area (Å²) in [5.41, 5.74) is -0.111. The summed E-state index contributed by atoms with van der Waals surface area (Å²) < 4.78 is 33.0. The third-order valence-corrected chi connectivity index (χ3v) is 4.24. The normalized spacial score (nSPS) is 11.7. The first-order valence-corrected chi connectivity index (χ1v) is 7.64. The second kappa shape index (κ2) is 5.70. The summed E-state index contributed by atoms with van der Waals surface area (Å²) in [6.45, 7) is 1.80. The summed E-state index contributed by atoms with van der Waals surface area (Å²) in [6.07, 6.45) is 3.44. The molecule has 2 N–H and O–H groups in total. The molecule has 0 amide bonds. The SMILES string of the molecule is CCc1cnc(CNS(=O)(=O)c2cc(C(=O)O)n(C)c2)o1. The second-order valence-corrected chi connectivity index (χ2v) is 6.14. The van der Waals surface area contributed by atoms with E-state index in [0.717, 1.165) is 6.07 Å². The number of rotatable bonds is 6. The molecule has 0 radical (unpaired) electrons. The summed E-state index contributed by atoms with van der Waals surface area (Å²) in [4.78, 5) is 14.7. The molecule has 2 aromatic heterocycles. The Morgan fingerprint density at radius 1 is 1.52 bits per heavy atom. The Morgan fingerprint density at radius 2 is 2.24 bits per heavy atom. The van der Waals surface area contributed by atoms with E-state index in [2.05, 4.69) is 9.71 Å². The number of aromatic nitrogens is 2. The molecule has 2 heterocycles. The van der Waals surface area contributed by atoms with Crippen molar-refractivity contribution >= 4 is 16.0 Å². The molecule has 0 fully saturated rings. The number of nitrogens with zero attached hydrogens (tertiary/aromatic N) is 2. The lowest BCUT2D eigenvalue weighted by molar-refractivity contribution is 0.0686. The van der Waals surface area contributed by atoms with E-state index in [1.54, 1.807) is 0 Å². The molecule has 0 saturated heterocycles. The fraction of sp³-hybridized carbons (Fsp3) is 0.333. The zero-order valence-corrected chi connectivity index (χ0v) is 12.3. The van der Waals surface area contributed by atoms with Crippen molar-refractivity contribution in [3.8, 4) is 0 Å². The molecule has 0 saturated carbocycles. The number of aromatic carboxylic acids is 1. The van der Waals surface area contributed by atoms with Crippen LogP contribution in [-0.2, 0) is 30.0 Å². The van der Waals surface area contributed by atoms with E-state index >= 15 is 0 Å². The minimum absolute atomic E-state index is 0.0976. The van der Waals surface area contributed by atoms with Crippen LogP contribution >= 0.6 is 0 Å². The Kier molecular flexibility index (Phi) is 4.14. The van der Waals surface area contributed by atoms with Gasteiger partial charge in [-0.2, -0.15) is 0 Å². The number of oxazole rings is 1. The van der Waals surface area contributed by atoms with E-state index in [4.69, 9.17) is 9.52 Å². The van der Waals surface area contributed by atoms with Crippen LogP contribution in [0.2, 0.25) is 0 Å². The maximum absolute atomic E-state index is 12.1. The molecule has 0 aliphatic heterocycles. The number of hydrogen-bond acceptors (Lipinski definition) is 5. The molecule has 0 aliphatic carbocycles. The van der Waals surface area contributed by atoms with Gasteiger partial charge in [-0.15, -0.1) is 0 Å². The Bertz CT molecular complexity index is 760. The number of aryl methyl sites for hydroxylation is 2. The third kappa shape index (κ3) is 3.31. The molecule has 114 valence electrons. The molecule has 0 unspecified atom stereocenters. The first-order chi connectivity index (χ1) is 9.83. The first kappa shape index (κ1) is 15.3. The molecule has 21 heavy (non-hydrogen) atoms. The van der Waals surface area contributed by atoms with Gasteiger partial charge in [0.25, 0.3) is 0 Å². The molecule has 8 nitrogen and oxygen atoms in total. The highest BCUT2D eigenvalue weighted by Gasteiger charge is 2.20. The average Bonchev–Trinajstić information content (AvgIpc) is 3.02. The number of carboxylic acid groups (broad SMARTS) is 1.